The highest BCUT2D eigenvalue weighted by atomic mass is 16.5. The summed E-state index contributed by atoms with van der Waals surface area (Å²) in [6.07, 6.45) is 7.43. The van der Waals surface area contributed by atoms with Crippen LogP contribution in [0.15, 0.2) is 60.7 Å². The molecule has 0 saturated heterocycles. The first kappa shape index (κ1) is 21.4. The molecule has 5 rings (SSSR count). The highest BCUT2D eigenvalue weighted by Gasteiger charge is 2.28. The summed E-state index contributed by atoms with van der Waals surface area (Å²) in [5.74, 6) is 2.68. The Balaban J connectivity index is 1.52. The standard InChI is InChI=1S/C30H30O3/c1-5-21-11-12-24(27(16-21)31-18-22-9-7-6-8-10-22)23-17-26-20(2)15-28-25(29(26)32-19-23)13-14-30(3,4)33-28/h6-17H,5,18-19H2,1-4H3. The average Bonchev–Trinajstić information content (AvgIpc) is 2.82. The zero-order valence-electron chi connectivity index (χ0n) is 19.8. The lowest BCUT2D eigenvalue weighted by Crippen LogP contribution is -2.28. The van der Waals surface area contributed by atoms with Crippen LogP contribution in [0.2, 0.25) is 0 Å². The van der Waals surface area contributed by atoms with Gasteiger partial charge in [-0.25, -0.2) is 0 Å². The Labute approximate surface area is 196 Å². The van der Waals surface area contributed by atoms with E-state index in [2.05, 4.69) is 82.3 Å². The quantitative estimate of drug-likeness (QED) is 0.420. The van der Waals surface area contributed by atoms with Crippen LogP contribution >= 0.6 is 0 Å². The van der Waals surface area contributed by atoms with Gasteiger partial charge in [-0.2, -0.15) is 0 Å². The van der Waals surface area contributed by atoms with Gasteiger partial charge in [0.1, 0.15) is 36.1 Å². The number of hydrogen-bond acceptors (Lipinski definition) is 3. The van der Waals surface area contributed by atoms with Crippen molar-refractivity contribution in [3.05, 3.63) is 94.1 Å². The Kier molecular flexibility index (Phi) is 5.49. The molecule has 0 bridgehead atoms. The third-order valence-electron chi connectivity index (χ3n) is 6.28. The summed E-state index contributed by atoms with van der Waals surface area (Å²) < 4.78 is 18.9. The number of rotatable bonds is 5. The van der Waals surface area contributed by atoms with Crippen LogP contribution in [0.4, 0.5) is 0 Å². The van der Waals surface area contributed by atoms with Crippen molar-refractivity contribution in [1.82, 2.24) is 0 Å². The first-order chi connectivity index (χ1) is 15.9. The zero-order valence-corrected chi connectivity index (χ0v) is 19.8. The lowest BCUT2D eigenvalue weighted by atomic mass is 9.92. The molecule has 3 aromatic carbocycles. The minimum absolute atomic E-state index is 0.310. The van der Waals surface area contributed by atoms with Gasteiger partial charge in [0, 0.05) is 16.7 Å². The van der Waals surface area contributed by atoms with Gasteiger partial charge in [0.25, 0.3) is 0 Å². The summed E-state index contributed by atoms with van der Waals surface area (Å²) in [5.41, 5.74) is 7.58. The monoisotopic (exact) mass is 438 g/mol. The van der Waals surface area contributed by atoms with E-state index in [0.29, 0.717) is 13.2 Å². The van der Waals surface area contributed by atoms with E-state index in [1.54, 1.807) is 0 Å². The summed E-state index contributed by atoms with van der Waals surface area (Å²) in [7, 11) is 0. The van der Waals surface area contributed by atoms with Crippen molar-refractivity contribution >= 4 is 17.7 Å². The summed E-state index contributed by atoms with van der Waals surface area (Å²) in [6.45, 7) is 9.44. The SMILES string of the molecule is CCc1ccc(C2=Cc3c(C)cc4c(c3OC2)C=CC(C)(C)O4)c(OCc2ccccc2)c1. The van der Waals surface area contributed by atoms with Crippen molar-refractivity contribution in [3.8, 4) is 17.2 Å². The second-order valence-electron chi connectivity index (χ2n) is 9.30. The van der Waals surface area contributed by atoms with Gasteiger partial charge in [-0.1, -0.05) is 49.4 Å². The maximum atomic E-state index is 6.36. The molecule has 2 heterocycles. The molecule has 0 fully saturated rings. The lowest BCUT2D eigenvalue weighted by Gasteiger charge is -2.31. The molecule has 2 aliphatic heterocycles. The molecule has 0 amide bonds. The minimum Gasteiger partial charge on any atom is -0.488 e. The molecular weight excluding hydrogens is 408 g/mol. The number of aryl methyl sites for hydroxylation is 2. The highest BCUT2D eigenvalue weighted by molar-refractivity contribution is 5.91. The van der Waals surface area contributed by atoms with E-state index in [0.717, 1.165) is 57.1 Å². The van der Waals surface area contributed by atoms with Gasteiger partial charge in [0.2, 0.25) is 0 Å². The maximum Gasteiger partial charge on any atom is 0.138 e. The van der Waals surface area contributed by atoms with Crippen LogP contribution in [0.5, 0.6) is 17.2 Å². The van der Waals surface area contributed by atoms with Crippen molar-refractivity contribution in [2.45, 2.75) is 46.3 Å². The van der Waals surface area contributed by atoms with E-state index in [1.165, 1.54) is 5.56 Å². The van der Waals surface area contributed by atoms with E-state index in [4.69, 9.17) is 14.2 Å². The van der Waals surface area contributed by atoms with Gasteiger partial charge < -0.3 is 14.2 Å². The summed E-state index contributed by atoms with van der Waals surface area (Å²) in [4.78, 5) is 0. The van der Waals surface area contributed by atoms with Crippen molar-refractivity contribution in [1.29, 1.82) is 0 Å². The van der Waals surface area contributed by atoms with Crippen molar-refractivity contribution in [2.24, 2.45) is 0 Å². The third-order valence-corrected chi connectivity index (χ3v) is 6.28. The zero-order chi connectivity index (χ0) is 23.0. The summed E-state index contributed by atoms with van der Waals surface area (Å²) in [5, 5.41) is 0. The van der Waals surface area contributed by atoms with E-state index in [-0.39, 0.29) is 5.60 Å². The van der Waals surface area contributed by atoms with Crippen molar-refractivity contribution in [3.63, 3.8) is 0 Å². The average molecular weight is 439 g/mol. The fourth-order valence-electron chi connectivity index (χ4n) is 4.39. The molecule has 0 aromatic heterocycles. The highest BCUT2D eigenvalue weighted by Crippen LogP contribution is 2.45. The second-order valence-corrected chi connectivity index (χ2v) is 9.30. The molecule has 33 heavy (non-hydrogen) atoms. The van der Waals surface area contributed by atoms with Crippen LogP contribution in [0.1, 0.15) is 54.2 Å². The Morgan fingerprint density at radius 1 is 0.970 bits per heavy atom. The summed E-state index contributed by atoms with van der Waals surface area (Å²) >= 11 is 0. The topological polar surface area (TPSA) is 27.7 Å². The van der Waals surface area contributed by atoms with Gasteiger partial charge in [-0.05, 0) is 74.2 Å². The third kappa shape index (κ3) is 4.28. The predicted octanol–water partition coefficient (Wildman–Crippen LogP) is 7.25. The van der Waals surface area contributed by atoms with Crippen molar-refractivity contribution in [2.75, 3.05) is 6.61 Å². The second kappa shape index (κ2) is 8.47. The Morgan fingerprint density at radius 2 is 1.79 bits per heavy atom. The van der Waals surface area contributed by atoms with Crippen LogP contribution in [0.3, 0.4) is 0 Å². The number of fused-ring (bicyclic) bond motifs is 3. The predicted molar refractivity (Wildman–Crippen MR) is 135 cm³/mol. The number of ether oxygens (including phenoxy) is 3. The molecule has 3 aromatic rings. The Morgan fingerprint density at radius 3 is 2.58 bits per heavy atom. The molecular formula is C30H30O3. The molecule has 3 heteroatoms. The first-order valence-electron chi connectivity index (χ1n) is 11.6. The fourth-order valence-corrected chi connectivity index (χ4v) is 4.39. The minimum atomic E-state index is -0.310. The molecule has 0 aliphatic carbocycles. The molecule has 168 valence electrons. The molecule has 0 unspecified atom stereocenters. The van der Waals surface area contributed by atoms with Crippen LogP contribution in [-0.4, -0.2) is 12.2 Å². The largest absolute Gasteiger partial charge is 0.488 e. The van der Waals surface area contributed by atoms with Crippen LogP contribution in [0, 0.1) is 6.92 Å². The Bertz CT molecular complexity index is 1250. The van der Waals surface area contributed by atoms with E-state index in [1.807, 2.05) is 18.2 Å². The fraction of sp³-hybridized carbons (Fsp3) is 0.267. The van der Waals surface area contributed by atoms with Gasteiger partial charge in [0.05, 0.1) is 5.56 Å². The van der Waals surface area contributed by atoms with Crippen LogP contribution in [0.25, 0.3) is 17.7 Å². The van der Waals surface area contributed by atoms with Crippen molar-refractivity contribution < 1.29 is 14.2 Å². The van der Waals surface area contributed by atoms with E-state index < -0.39 is 0 Å². The maximum absolute atomic E-state index is 6.36. The van der Waals surface area contributed by atoms with Crippen LogP contribution in [-0.2, 0) is 13.0 Å². The van der Waals surface area contributed by atoms with Gasteiger partial charge >= 0.3 is 0 Å². The normalized spacial score (nSPS) is 15.6. The molecule has 2 aliphatic rings. The molecule has 0 atom stereocenters. The number of hydrogen-bond donors (Lipinski definition) is 0. The van der Waals surface area contributed by atoms with Crippen LogP contribution < -0.4 is 14.2 Å². The molecule has 3 nitrogen and oxygen atoms in total. The van der Waals surface area contributed by atoms with Gasteiger partial charge in [-0.15, -0.1) is 0 Å². The molecule has 0 radical (unpaired) electrons. The molecule has 0 spiro atoms. The Hall–Kier alpha value is -3.46. The van der Waals surface area contributed by atoms with E-state index >= 15 is 0 Å². The summed E-state index contributed by atoms with van der Waals surface area (Å²) in [6, 6.07) is 18.9. The smallest absolute Gasteiger partial charge is 0.138 e. The van der Waals surface area contributed by atoms with Gasteiger partial charge in [0.15, 0.2) is 0 Å². The molecule has 0 N–H and O–H groups in total. The van der Waals surface area contributed by atoms with Gasteiger partial charge in [-0.3, -0.25) is 0 Å². The number of benzene rings is 3. The van der Waals surface area contributed by atoms with E-state index in [9.17, 15) is 0 Å². The molecule has 0 saturated carbocycles. The first-order valence-corrected chi connectivity index (χ1v) is 11.6. The lowest BCUT2D eigenvalue weighted by molar-refractivity contribution is 0.158.